The Bertz CT molecular complexity index is 717. The predicted octanol–water partition coefficient (Wildman–Crippen LogP) is 2.41. The number of ketones is 1. The number of nitrogens with one attached hydrogen (secondary N) is 1. The van der Waals surface area contributed by atoms with Gasteiger partial charge < -0.3 is 5.32 Å². The standard InChI is InChI=1S/C15H11N3O2/c1-10(19)12-3-2-4-14(6-12)18-15(20)13-5-11(7-16)8-17-9-13/h2-6,8-9H,1H3,(H,18,20). The van der Waals surface area contributed by atoms with Gasteiger partial charge in [0.2, 0.25) is 0 Å². The third kappa shape index (κ3) is 3.06. The Morgan fingerprint density at radius 3 is 2.70 bits per heavy atom. The molecule has 0 radical (unpaired) electrons. The molecular formula is C15H11N3O2. The predicted molar refractivity (Wildman–Crippen MR) is 73.4 cm³/mol. The maximum Gasteiger partial charge on any atom is 0.257 e. The van der Waals surface area contributed by atoms with Gasteiger partial charge in [-0.3, -0.25) is 14.6 Å². The van der Waals surface area contributed by atoms with E-state index >= 15 is 0 Å². The van der Waals surface area contributed by atoms with Gasteiger partial charge in [0.1, 0.15) is 6.07 Å². The molecule has 0 saturated heterocycles. The Labute approximate surface area is 115 Å². The number of carbonyl (C=O) groups excluding carboxylic acids is 2. The van der Waals surface area contributed by atoms with E-state index < -0.39 is 0 Å². The average molecular weight is 265 g/mol. The Kier molecular flexibility index (Phi) is 3.87. The van der Waals surface area contributed by atoms with Crippen molar-refractivity contribution in [3.05, 3.63) is 59.4 Å². The quantitative estimate of drug-likeness (QED) is 0.864. The van der Waals surface area contributed by atoms with Crippen LogP contribution in [0, 0.1) is 11.3 Å². The van der Waals surface area contributed by atoms with Crippen LogP contribution in [0.3, 0.4) is 0 Å². The summed E-state index contributed by atoms with van der Waals surface area (Å²) in [6.45, 7) is 1.46. The first-order chi connectivity index (χ1) is 9.60. The summed E-state index contributed by atoms with van der Waals surface area (Å²) in [7, 11) is 0. The van der Waals surface area contributed by atoms with Crippen molar-refractivity contribution in [3.63, 3.8) is 0 Å². The lowest BCUT2D eigenvalue weighted by atomic mass is 10.1. The molecule has 0 unspecified atom stereocenters. The highest BCUT2D eigenvalue weighted by atomic mass is 16.1. The summed E-state index contributed by atoms with van der Waals surface area (Å²) in [5, 5.41) is 11.4. The van der Waals surface area contributed by atoms with Crippen molar-refractivity contribution >= 4 is 17.4 Å². The molecule has 0 fully saturated rings. The summed E-state index contributed by atoms with van der Waals surface area (Å²) in [5.74, 6) is -0.454. The van der Waals surface area contributed by atoms with Crippen LogP contribution in [0.15, 0.2) is 42.7 Å². The summed E-state index contributed by atoms with van der Waals surface area (Å²) in [6.07, 6.45) is 2.76. The molecule has 1 N–H and O–H groups in total. The van der Waals surface area contributed by atoms with E-state index in [1.807, 2.05) is 6.07 Å². The van der Waals surface area contributed by atoms with Crippen LogP contribution in [0.5, 0.6) is 0 Å². The zero-order valence-electron chi connectivity index (χ0n) is 10.8. The maximum absolute atomic E-state index is 12.0. The van der Waals surface area contributed by atoms with Crippen molar-refractivity contribution in [3.8, 4) is 6.07 Å². The van der Waals surface area contributed by atoms with Crippen molar-refractivity contribution in [2.24, 2.45) is 0 Å². The number of hydrogen-bond acceptors (Lipinski definition) is 4. The molecule has 1 aromatic carbocycles. The number of carbonyl (C=O) groups is 2. The van der Waals surface area contributed by atoms with Gasteiger partial charge in [0, 0.05) is 23.6 Å². The second-order valence-corrected chi connectivity index (χ2v) is 4.17. The number of nitrogens with zero attached hydrogens (tertiary/aromatic N) is 2. The molecule has 0 aliphatic heterocycles. The van der Waals surface area contributed by atoms with Crippen molar-refractivity contribution in [2.75, 3.05) is 5.32 Å². The molecule has 1 amide bonds. The van der Waals surface area contributed by atoms with Gasteiger partial charge in [0.05, 0.1) is 11.1 Å². The number of pyridine rings is 1. The van der Waals surface area contributed by atoms with E-state index in [0.29, 0.717) is 16.8 Å². The lowest BCUT2D eigenvalue weighted by Crippen LogP contribution is -2.12. The Hall–Kier alpha value is -3.00. The fourth-order valence-electron chi connectivity index (χ4n) is 1.64. The topological polar surface area (TPSA) is 82.8 Å². The number of amides is 1. The summed E-state index contributed by atoms with van der Waals surface area (Å²) in [4.78, 5) is 27.1. The van der Waals surface area contributed by atoms with Crippen molar-refractivity contribution < 1.29 is 9.59 Å². The minimum atomic E-state index is -0.379. The average Bonchev–Trinajstić information content (AvgIpc) is 2.47. The smallest absolute Gasteiger partial charge is 0.257 e. The molecule has 0 atom stereocenters. The highest BCUT2D eigenvalue weighted by Gasteiger charge is 2.08. The SMILES string of the molecule is CC(=O)c1cccc(NC(=O)c2cncc(C#N)c2)c1. The van der Waals surface area contributed by atoms with E-state index in [9.17, 15) is 9.59 Å². The highest BCUT2D eigenvalue weighted by molar-refractivity contribution is 6.05. The molecule has 1 aromatic heterocycles. The van der Waals surface area contributed by atoms with E-state index in [0.717, 1.165) is 0 Å². The fraction of sp³-hybridized carbons (Fsp3) is 0.0667. The van der Waals surface area contributed by atoms with Gasteiger partial charge in [0.15, 0.2) is 5.78 Å². The molecule has 98 valence electrons. The Morgan fingerprint density at radius 2 is 2.00 bits per heavy atom. The molecule has 5 nitrogen and oxygen atoms in total. The van der Waals surface area contributed by atoms with Crippen molar-refractivity contribution in [2.45, 2.75) is 6.92 Å². The van der Waals surface area contributed by atoms with Gasteiger partial charge in [-0.15, -0.1) is 0 Å². The fourth-order valence-corrected chi connectivity index (χ4v) is 1.64. The van der Waals surface area contributed by atoms with Gasteiger partial charge in [-0.25, -0.2) is 0 Å². The van der Waals surface area contributed by atoms with E-state index in [1.165, 1.54) is 25.4 Å². The molecule has 0 aliphatic carbocycles. The van der Waals surface area contributed by atoms with E-state index in [2.05, 4.69) is 10.3 Å². The minimum Gasteiger partial charge on any atom is -0.322 e. The van der Waals surface area contributed by atoms with E-state index in [1.54, 1.807) is 24.3 Å². The zero-order valence-corrected chi connectivity index (χ0v) is 10.8. The number of nitriles is 1. The van der Waals surface area contributed by atoms with Crippen LogP contribution in [-0.4, -0.2) is 16.7 Å². The van der Waals surface area contributed by atoms with Crippen LogP contribution < -0.4 is 5.32 Å². The number of hydrogen-bond donors (Lipinski definition) is 1. The summed E-state index contributed by atoms with van der Waals surface area (Å²) in [6, 6.07) is 10.0. The number of anilines is 1. The number of benzene rings is 1. The normalized spacial score (nSPS) is 9.60. The molecule has 20 heavy (non-hydrogen) atoms. The van der Waals surface area contributed by atoms with Crippen LogP contribution in [0.4, 0.5) is 5.69 Å². The Balaban J connectivity index is 2.21. The van der Waals surface area contributed by atoms with Crippen LogP contribution in [0.25, 0.3) is 0 Å². The lowest BCUT2D eigenvalue weighted by molar-refractivity contribution is 0.101. The molecule has 5 heteroatoms. The third-order valence-electron chi connectivity index (χ3n) is 2.66. The second kappa shape index (κ2) is 5.76. The molecule has 0 spiro atoms. The van der Waals surface area contributed by atoms with Crippen molar-refractivity contribution in [1.82, 2.24) is 4.98 Å². The number of Topliss-reactive ketones (excluding diaryl/α,β-unsaturated/α-hetero) is 1. The van der Waals surface area contributed by atoms with Crippen LogP contribution in [0.2, 0.25) is 0 Å². The van der Waals surface area contributed by atoms with Crippen LogP contribution >= 0.6 is 0 Å². The first-order valence-electron chi connectivity index (χ1n) is 5.87. The molecule has 2 aromatic rings. The highest BCUT2D eigenvalue weighted by Crippen LogP contribution is 2.13. The van der Waals surface area contributed by atoms with Crippen LogP contribution in [-0.2, 0) is 0 Å². The summed E-state index contributed by atoms with van der Waals surface area (Å²) >= 11 is 0. The van der Waals surface area contributed by atoms with Gasteiger partial charge in [0.25, 0.3) is 5.91 Å². The molecule has 0 bridgehead atoms. The molecule has 0 aliphatic rings. The maximum atomic E-state index is 12.0. The second-order valence-electron chi connectivity index (χ2n) is 4.17. The summed E-state index contributed by atoms with van der Waals surface area (Å²) in [5.41, 5.74) is 1.64. The Morgan fingerprint density at radius 1 is 1.20 bits per heavy atom. The first-order valence-corrected chi connectivity index (χ1v) is 5.87. The zero-order chi connectivity index (χ0) is 14.5. The van der Waals surface area contributed by atoms with Crippen molar-refractivity contribution in [1.29, 1.82) is 5.26 Å². The van der Waals surface area contributed by atoms with Crippen LogP contribution in [0.1, 0.15) is 33.2 Å². The largest absolute Gasteiger partial charge is 0.322 e. The van der Waals surface area contributed by atoms with Gasteiger partial charge in [-0.05, 0) is 25.1 Å². The van der Waals surface area contributed by atoms with E-state index in [4.69, 9.17) is 5.26 Å². The minimum absolute atomic E-state index is 0.0748. The molecule has 0 saturated carbocycles. The monoisotopic (exact) mass is 265 g/mol. The first kappa shape index (κ1) is 13.4. The number of aromatic nitrogens is 1. The number of rotatable bonds is 3. The van der Waals surface area contributed by atoms with Gasteiger partial charge >= 0.3 is 0 Å². The lowest BCUT2D eigenvalue weighted by Gasteiger charge is -2.06. The van der Waals surface area contributed by atoms with E-state index in [-0.39, 0.29) is 17.3 Å². The summed E-state index contributed by atoms with van der Waals surface area (Å²) < 4.78 is 0. The van der Waals surface area contributed by atoms with Gasteiger partial charge in [-0.2, -0.15) is 5.26 Å². The molecule has 1 heterocycles. The molecule has 2 rings (SSSR count). The van der Waals surface area contributed by atoms with Gasteiger partial charge in [-0.1, -0.05) is 12.1 Å². The third-order valence-corrected chi connectivity index (χ3v) is 2.66. The molecular weight excluding hydrogens is 254 g/mol.